The molecule has 0 aromatic heterocycles. The van der Waals surface area contributed by atoms with Crippen molar-refractivity contribution in [1.82, 2.24) is 9.91 Å². The third-order valence-electron chi connectivity index (χ3n) is 6.87. The van der Waals surface area contributed by atoms with Crippen LogP contribution in [0.15, 0.2) is 84.0 Å². The van der Waals surface area contributed by atoms with E-state index in [4.69, 9.17) is 5.10 Å². The highest BCUT2D eigenvalue weighted by Crippen LogP contribution is 2.33. The Morgan fingerprint density at radius 3 is 2.09 bits per heavy atom. The first-order chi connectivity index (χ1) is 16.6. The van der Waals surface area contributed by atoms with Crippen molar-refractivity contribution in [3.63, 3.8) is 0 Å². The molecule has 0 unspecified atom stereocenters. The molecule has 1 fully saturated rings. The summed E-state index contributed by atoms with van der Waals surface area (Å²) in [5.74, 6) is 0.0702. The molecule has 0 aliphatic carbocycles. The third kappa shape index (κ3) is 4.90. The van der Waals surface area contributed by atoms with Crippen molar-refractivity contribution in [3.05, 3.63) is 101 Å². The number of hydrazone groups is 1. The molecular weight excluding hydrogens is 420 g/mol. The summed E-state index contributed by atoms with van der Waals surface area (Å²) in [6.45, 7) is 8.17. The fraction of sp³-hybridized carbons (Fsp3) is 0.310. The average molecular weight is 453 g/mol. The minimum Gasteiger partial charge on any atom is -0.369 e. The quantitative estimate of drug-likeness (QED) is 0.558. The predicted octanol–water partition coefficient (Wildman–Crippen LogP) is 4.80. The Labute approximate surface area is 202 Å². The van der Waals surface area contributed by atoms with Crippen LogP contribution in [0.25, 0.3) is 0 Å². The molecule has 1 saturated heterocycles. The van der Waals surface area contributed by atoms with Gasteiger partial charge < -0.3 is 4.90 Å². The summed E-state index contributed by atoms with van der Waals surface area (Å²) in [5, 5.41) is 6.60. The van der Waals surface area contributed by atoms with Gasteiger partial charge in [0.1, 0.15) is 0 Å². The Hall–Kier alpha value is -3.44. The molecule has 1 atom stereocenters. The topological polar surface area (TPSA) is 39.2 Å². The maximum atomic E-state index is 13.5. The number of carbonyl (C=O) groups is 1. The van der Waals surface area contributed by atoms with E-state index in [0.29, 0.717) is 6.54 Å². The van der Waals surface area contributed by atoms with Crippen LogP contribution in [0, 0.1) is 13.8 Å². The number of rotatable bonds is 5. The van der Waals surface area contributed by atoms with Gasteiger partial charge in [-0.1, -0.05) is 77.9 Å². The zero-order valence-electron chi connectivity index (χ0n) is 20.0. The Kier molecular flexibility index (Phi) is 6.45. The van der Waals surface area contributed by atoms with Crippen LogP contribution in [0.3, 0.4) is 0 Å². The lowest BCUT2D eigenvalue weighted by Gasteiger charge is -2.36. The second-order valence-corrected chi connectivity index (χ2v) is 9.38. The van der Waals surface area contributed by atoms with E-state index in [0.717, 1.165) is 49.4 Å². The fourth-order valence-corrected chi connectivity index (χ4v) is 4.78. The number of hydrogen-bond acceptors (Lipinski definition) is 4. The Morgan fingerprint density at radius 2 is 1.44 bits per heavy atom. The Morgan fingerprint density at radius 1 is 0.824 bits per heavy atom. The van der Waals surface area contributed by atoms with Gasteiger partial charge in [0, 0.05) is 38.3 Å². The van der Waals surface area contributed by atoms with Gasteiger partial charge in [-0.25, -0.2) is 5.01 Å². The molecule has 5 rings (SSSR count). The molecule has 3 aromatic carbocycles. The van der Waals surface area contributed by atoms with Crippen LogP contribution in [-0.2, 0) is 4.79 Å². The van der Waals surface area contributed by atoms with E-state index in [-0.39, 0.29) is 11.9 Å². The van der Waals surface area contributed by atoms with E-state index in [1.165, 1.54) is 16.8 Å². The van der Waals surface area contributed by atoms with Crippen LogP contribution >= 0.6 is 0 Å². The van der Waals surface area contributed by atoms with Crippen molar-refractivity contribution >= 4 is 17.3 Å². The first-order valence-electron chi connectivity index (χ1n) is 12.1. The maximum Gasteiger partial charge on any atom is 0.257 e. The molecule has 2 aliphatic rings. The van der Waals surface area contributed by atoms with Crippen molar-refractivity contribution in [1.29, 1.82) is 0 Å². The van der Waals surface area contributed by atoms with Gasteiger partial charge >= 0.3 is 0 Å². The predicted molar refractivity (Wildman–Crippen MR) is 138 cm³/mol. The SMILES string of the molecule is Cc1ccc(C2=NN(C(=O)CN3CCN(c4ccccc4)CC3)[C@H](c3ccc(C)cc3)C2)cc1. The summed E-state index contributed by atoms with van der Waals surface area (Å²) in [5.41, 5.74) is 6.90. The van der Waals surface area contributed by atoms with Gasteiger partial charge in [0.25, 0.3) is 5.91 Å². The number of benzene rings is 3. The van der Waals surface area contributed by atoms with Gasteiger partial charge in [0.05, 0.1) is 18.3 Å². The normalized spacial score (nSPS) is 18.8. The first kappa shape index (κ1) is 22.4. The molecule has 0 saturated carbocycles. The second kappa shape index (κ2) is 9.82. The maximum absolute atomic E-state index is 13.5. The lowest BCUT2D eigenvalue weighted by molar-refractivity contribution is -0.134. The van der Waals surface area contributed by atoms with Crippen LogP contribution in [0.5, 0.6) is 0 Å². The van der Waals surface area contributed by atoms with Crippen molar-refractivity contribution in [2.45, 2.75) is 26.3 Å². The van der Waals surface area contributed by atoms with Gasteiger partial charge in [-0.15, -0.1) is 0 Å². The van der Waals surface area contributed by atoms with Crippen LogP contribution in [-0.4, -0.2) is 54.3 Å². The Bertz CT molecular complexity index is 1150. The molecule has 34 heavy (non-hydrogen) atoms. The van der Waals surface area contributed by atoms with Crippen LogP contribution in [0.1, 0.15) is 34.7 Å². The lowest BCUT2D eigenvalue weighted by Crippen LogP contribution is -2.49. The molecule has 5 nitrogen and oxygen atoms in total. The Balaban J connectivity index is 1.30. The molecule has 3 aromatic rings. The molecule has 174 valence electrons. The molecule has 5 heteroatoms. The lowest BCUT2D eigenvalue weighted by atomic mass is 9.97. The largest absolute Gasteiger partial charge is 0.369 e. The molecular formula is C29H32N4O. The van der Waals surface area contributed by atoms with E-state index < -0.39 is 0 Å². The fourth-order valence-electron chi connectivity index (χ4n) is 4.78. The van der Waals surface area contributed by atoms with Crippen LogP contribution in [0.4, 0.5) is 5.69 Å². The average Bonchev–Trinajstić information content (AvgIpc) is 3.32. The minimum absolute atomic E-state index is 0.0602. The molecule has 0 N–H and O–H groups in total. The smallest absolute Gasteiger partial charge is 0.257 e. The number of carbonyl (C=O) groups excluding carboxylic acids is 1. The van der Waals surface area contributed by atoms with E-state index in [2.05, 4.69) is 96.4 Å². The summed E-state index contributed by atoms with van der Waals surface area (Å²) in [4.78, 5) is 18.2. The van der Waals surface area contributed by atoms with Crippen molar-refractivity contribution in [2.24, 2.45) is 5.10 Å². The molecule has 2 heterocycles. The van der Waals surface area contributed by atoms with Crippen molar-refractivity contribution < 1.29 is 4.79 Å². The van der Waals surface area contributed by atoms with Crippen molar-refractivity contribution in [3.8, 4) is 0 Å². The molecule has 0 radical (unpaired) electrons. The van der Waals surface area contributed by atoms with Gasteiger partial charge in [0.15, 0.2) is 0 Å². The molecule has 0 spiro atoms. The highest BCUT2D eigenvalue weighted by molar-refractivity contribution is 6.03. The summed E-state index contributed by atoms with van der Waals surface area (Å²) in [6.07, 6.45) is 0.736. The molecule has 1 amide bonds. The number of aryl methyl sites for hydroxylation is 2. The number of piperazine rings is 1. The molecule has 2 aliphatic heterocycles. The van der Waals surface area contributed by atoms with E-state index in [1.807, 2.05) is 6.07 Å². The number of para-hydroxylation sites is 1. The zero-order chi connectivity index (χ0) is 23.5. The van der Waals surface area contributed by atoms with Gasteiger partial charge in [-0.2, -0.15) is 5.10 Å². The monoisotopic (exact) mass is 452 g/mol. The minimum atomic E-state index is -0.0602. The summed E-state index contributed by atoms with van der Waals surface area (Å²) in [6, 6.07) is 27.4. The van der Waals surface area contributed by atoms with Crippen LogP contribution in [0.2, 0.25) is 0 Å². The van der Waals surface area contributed by atoms with Gasteiger partial charge in [-0.3, -0.25) is 9.69 Å². The van der Waals surface area contributed by atoms with Gasteiger partial charge in [-0.05, 0) is 37.1 Å². The highest BCUT2D eigenvalue weighted by atomic mass is 16.2. The number of anilines is 1. The summed E-state index contributed by atoms with van der Waals surface area (Å²) < 4.78 is 0. The van der Waals surface area contributed by atoms with E-state index in [9.17, 15) is 4.79 Å². The van der Waals surface area contributed by atoms with E-state index >= 15 is 0 Å². The standard InChI is InChI=1S/C29H32N4O/c1-22-8-12-24(13-9-22)27-20-28(25-14-10-23(2)11-15-25)33(30-27)29(34)21-31-16-18-32(19-17-31)26-6-4-3-5-7-26/h3-15,28H,16-21H2,1-2H3/t28-/m0/s1. The second-order valence-electron chi connectivity index (χ2n) is 9.38. The molecule has 0 bridgehead atoms. The number of hydrogen-bond donors (Lipinski definition) is 0. The van der Waals surface area contributed by atoms with Crippen molar-refractivity contribution in [2.75, 3.05) is 37.6 Å². The van der Waals surface area contributed by atoms with Gasteiger partial charge in [0.2, 0.25) is 0 Å². The summed E-state index contributed by atoms with van der Waals surface area (Å²) in [7, 11) is 0. The van der Waals surface area contributed by atoms with E-state index in [1.54, 1.807) is 5.01 Å². The number of amides is 1. The van der Waals surface area contributed by atoms with Crippen LogP contribution < -0.4 is 4.90 Å². The number of nitrogens with zero attached hydrogens (tertiary/aromatic N) is 4. The highest BCUT2D eigenvalue weighted by Gasteiger charge is 2.34. The summed E-state index contributed by atoms with van der Waals surface area (Å²) >= 11 is 0. The first-order valence-corrected chi connectivity index (χ1v) is 12.1. The third-order valence-corrected chi connectivity index (χ3v) is 6.87. The zero-order valence-corrected chi connectivity index (χ0v) is 20.0.